The van der Waals surface area contributed by atoms with Crippen LogP contribution in [-0.4, -0.2) is 61.7 Å². The molecule has 1 saturated heterocycles. The number of carbonyl (C=O) groups is 1. The van der Waals surface area contributed by atoms with Gasteiger partial charge in [0.05, 0.1) is 37.5 Å². The van der Waals surface area contributed by atoms with Crippen LogP contribution in [0.1, 0.15) is 49.5 Å². The van der Waals surface area contributed by atoms with Crippen molar-refractivity contribution >= 4 is 27.5 Å². The Kier molecular flexibility index (Phi) is 7.02. The first-order chi connectivity index (χ1) is 19.7. The van der Waals surface area contributed by atoms with E-state index in [1.165, 1.54) is 63.3 Å². The highest BCUT2D eigenvalue weighted by Gasteiger charge is 2.36. The minimum Gasteiger partial charge on any atom is -0.496 e. The largest absolute Gasteiger partial charge is 0.496 e. The standard InChI is InChI=1S/C28H31FN6O5S/c1-15-11-18(12-15)40-22(19-13-17(29)5-6-21(19)39-4)14-33-27-23(16(2)26(41-27)35-30-8-9-31-35)25(37)34(28(33)38)20-7-10-32(3)24(20)36/h5-6,8-9,13,15,18,20,22H,7,10-12,14H2,1-4H3/t15?,18?,20-,22+/m1/s1. The minimum atomic E-state index is -0.920. The zero-order chi connectivity index (χ0) is 29.0. The van der Waals surface area contributed by atoms with Gasteiger partial charge in [0.15, 0.2) is 0 Å². The third-order valence-corrected chi connectivity index (χ3v) is 9.38. The van der Waals surface area contributed by atoms with E-state index in [1.807, 2.05) is 0 Å². The van der Waals surface area contributed by atoms with Crippen LogP contribution in [0.5, 0.6) is 5.75 Å². The summed E-state index contributed by atoms with van der Waals surface area (Å²) in [5.74, 6) is 0.177. The van der Waals surface area contributed by atoms with Crippen LogP contribution in [0.4, 0.5) is 4.39 Å². The number of aryl methyl sites for hydroxylation is 1. The summed E-state index contributed by atoms with van der Waals surface area (Å²) in [7, 11) is 3.15. The van der Waals surface area contributed by atoms with E-state index in [9.17, 15) is 18.8 Å². The van der Waals surface area contributed by atoms with Crippen molar-refractivity contribution in [1.29, 1.82) is 0 Å². The fourth-order valence-corrected chi connectivity index (χ4v) is 7.07. The Balaban J connectivity index is 1.57. The van der Waals surface area contributed by atoms with E-state index in [4.69, 9.17) is 9.47 Å². The highest BCUT2D eigenvalue weighted by molar-refractivity contribution is 7.21. The van der Waals surface area contributed by atoms with Crippen LogP contribution >= 0.6 is 11.3 Å². The number of amides is 1. The zero-order valence-corrected chi connectivity index (χ0v) is 24.1. The van der Waals surface area contributed by atoms with E-state index in [1.54, 1.807) is 14.0 Å². The number of aromatic nitrogens is 5. The van der Waals surface area contributed by atoms with Gasteiger partial charge in [0, 0.05) is 24.7 Å². The number of fused-ring (bicyclic) bond motifs is 1. The van der Waals surface area contributed by atoms with Gasteiger partial charge in [-0.25, -0.2) is 13.8 Å². The number of halogens is 1. The van der Waals surface area contributed by atoms with E-state index in [0.717, 1.165) is 17.4 Å². The minimum absolute atomic E-state index is 0.0248. The highest BCUT2D eigenvalue weighted by atomic mass is 32.1. The lowest BCUT2D eigenvalue weighted by Crippen LogP contribution is -2.45. The number of likely N-dealkylation sites (tertiary alicyclic amines) is 1. The van der Waals surface area contributed by atoms with E-state index in [-0.39, 0.29) is 18.6 Å². The molecule has 41 heavy (non-hydrogen) atoms. The van der Waals surface area contributed by atoms with Crippen LogP contribution in [0.2, 0.25) is 0 Å². The van der Waals surface area contributed by atoms with Crippen molar-refractivity contribution in [2.45, 2.75) is 57.9 Å². The van der Waals surface area contributed by atoms with Crippen LogP contribution in [-0.2, 0) is 16.1 Å². The molecule has 2 fully saturated rings. The summed E-state index contributed by atoms with van der Waals surface area (Å²) >= 11 is 1.21. The molecule has 4 heterocycles. The highest BCUT2D eigenvalue weighted by Crippen LogP contribution is 2.38. The Bertz CT molecular complexity index is 1740. The molecule has 0 spiro atoms. The third-order valence-electron chi connectivity index (χ3n) is 8.10. The lowest BCUT2D eigenvalue weighted by Gasteiger charge is -2.36. The second kappa shape index (κ2) is 10.5. The van der Waals surface area contributed by atoms with E-state index in [0.29, 0.717) is 51.0 Å². The number of hydrogen-bond donors (Lipinski definition) is 0. The molecule has 6 rings (SSSR count). The molecule has 1 aliphatic heterocycles. The molecule has 0 unspecified atom stereocenters. The van der Waals surface area contributed by atoms with Crippen molar-refractivity contribution in [2.75, 3.05) is 20.7 Å². The van der Waals surface area contributed by atoms with Crippen LogP contribution in [0.15, 0.2) is 40.2 Å². The van der Waals surface area contributed by atoms with Gasteiger partial charge in [0.1, 0.15) is 33.5 Å². The number of nitrogens with zero attached hydrogens (tertiary/aromatic N) is 6. The maximum Gasteiger partial charge on any atom is 0.332 e. The Labute approximate surface area is 238 Å². The Hall–Kier alpha value is -3.84. The van der Waals surface area contributed by atoms with Gasteiger partial charge in [-0.2, -0.15) is 10.2 Å². The lowest BCUT2D eigenvalue weighted by atomic mass is 9.84. The van der Waals surface area contributed by atoms with Crippen molar-refractivity contribution in [2.24, 2.45) is 5.92 Å². The first-order valence-corrected chi connectivity index (χ1v) is 14.4. The molecule has 0 radical (unpaired) electrons. The number of methoxy groups -OCH3 is 1. The predicted octanol–water partition coefficient (Wildman–Crippen LogP) is 3.22. The molecule has 2 atom stereocenters. The van der Waals surface area contributed by atoms with E-state index < -0.39 is 29.2 Å². The molecule has 1 amide bonds. The van der Waals surface area contributed by atoms with Gasteiger partial charge >= 0.3 is 5.69 Å². The summed E-state index contributed by atoms with van der Waals surface area (Å²) in [6.07, 6.45) is 4.25. The van der Waals surface area contributed by atoms with Crippen molar-refractivity contribution in [1.82, 2.24) is 29.0 Å². The molecular formula is C28H31FN6O5S. The smallest absolute Gasteiger partial charge is 0.332 e. The molecular weight excluding hydrogens is 551 g/mol. The molecule has 11 nitrogen and oxygen atoms in total. The summed E-state index contributed by atoms with van der Waals surface area (Å²) in [6.45, 7) is 4.32. The number of benzene rings is 1. The first-order valence-electron chi connectivity index (χ1n) is 13.6. The second-order valence-corrected chi connectivity index (χ2v) is 11.9. The molecule has 13 heteroatoms. The summed E-state index contributed by atoms with van der Waals surface area (Å²) in [5, 5.41) is 9.35. The van der Waals surface area contributed by atoms with Gasteiger partial charge in [0.2, 0.25) is 5.91 Å². The first kappa shape index (κ1) is 27.3. The molecule has 3 aromatic heterocycles. The van der Waals surface area contributed by atoms with Crippen molar-refractivity contribution in [3.63, 3.8) is 0 Å². The summed E-state index contributed by atoms with van der Waals surface area (Å²) < 4.78 is 29.1. The Morgan fingerprint density at radius 2 is 1.90 bits per heavy atom. The van der Waals surface area contributed by atoms with E-state index in [2.05, 4.69) is 17.1 Å². The second-order valence-electron chi connectivity index (χ2n) is 10.9. The number of hydrogen-bond acceptors (Lipinski definition) is 8. The van der Waals surface area contributed by atoms with Gasteiger partial charge < -0.3 is 14.4 Å². The molecule has 2 aliphatic rings. The van der Waals surface area contributed by atoms with Crippen LogP contribution in [0, 0.1) is 18.7 Å². The van der Waals surface area contributed by atoms with Gasteiger partial charge in [-0.1, -0.05) is 18.3 Å². The van der Waals surface area contributed by atoms with Crippen molar-refractivity contribution < 1.29 is 18.7 Å². The van der Waals surface area contributed by atoms with Crippen molar-refractivity contribution in [3.8, 4) is 10.8 Å². The Morgan fingerprint density at radius 3 is 2.54 bits per heavy atom. The topological polar surface area (TPSA) is 113 Å². The van der Waals surface area contributed by atoms with Crippen LogP contribution in [0.25, 0.3) is 15.2 Å². The maximum absolute atomic E-state index is 14.5. The summed E-state index contributed by atoms with van der Waals surface area (Å²) in [6, 6.07) is 3.28. The predicted molar refractivity (Wildman–Crippen MR) is 150 cm³/mol. The summed E-state index contributed by atoms with van der Waals surface area (Å²) in [5.41, 5.74) is -0.0936. The number of rotatable bonds is 8. The van der Waals surface area contributed by atoms with Gasteiger partial charge in [-0.3, -0.25) is 14.2 Å². The molecule has 0 bridgehead atoms. The molecule has 1 aromatic carbocycles. The lowest BCUT2D eigenvalue weighted by molar-refractivity contribution is -0.129. The third kappa shape index (κ3) is 4.66. The molecule has 216 valence electrons. The van der Waals surface area contributed by atoms with Gasteiger partial charge in [-0.15, -0.1) is 4.80 Å². The van der Waals surface area contributed by atoms with Gasteiger partial charge in [-0.05, 0) is 50.3 Å². The molecule has 0 N–H and O–H groups in total. The molecule has 4 aromatic rings. The molecule has 1 aliphatic carbocycles. The number of ether oxygens (including phenoxy) is 2. The number of thiophene rings is 1. The quantitative estimate of drug-likeness (QED) is 0.314. The monoisotopic (exact) mass is 582 g/mol. The average molecular weight is 583 g/mol. The fourth-order valence-electron chi connectivity index (χ4n) is 5.85. The molecule has 1 saturated carbocycles. The number of likely N-dealkylation sites (N-methyl/N-ethyl adjacent to an activating group) is 1. The normalized spacial score (nSPS) is 21.4. The van der Waals surface area contributed by atoms with Gasteiger partial charge in [0.25, 0.3) is 5.56 Å². The summed E-state index contributed by atoms with van der Waals surface area (Å²) in [4.78, 5) is 44.5. The number of carbonyl (C=O) groups excluding carboxylic acids is 1. The average Bonchev–Trinajstić information content (AvgIpc) is 3.66. The van der Waals surface area contributed by atoms with Crippen LogP contribution < -0.4 is 16.0 Å². The fraction of sp³-hybridized carbons (Fsp3) is 0.464. The zero-order valence-electron chi connectivity index (χ0n) is 23.2. The Morgan fingerprint density at radius 1 is 1.17 bits per heavy atom. The van der Waals surface area contributed by atoms with Crippen LogP contribution in [0.3, 0.4) is 0 Å². The van der Waals surface area contributed by atoms with Crippen molar-refractivity contribution in [3.05, 3.63) is 68.4 Å². The SMILES string of the molecule is COc1ccc(F)cc1[C@H](Cn1c(=O)n([C@@H]2CCN(C)C2=O)c(=O)c2c(C)c(-n3nccn3)sc21)OC1CC(C)C1. The maximum atomic E-state index is 14.5. The van der Waals surface area contributed by atoms with E-state index >= 15 is 0 Å².